The standard InChI is InChI=1S/C25H27N3O4/c1-17-6-3-4-8-21(17)24(30)28(15-14-19-7-5-9-23(26-2)27-19)22(25(31)32)16-18-10-12-20(29)13-11-18/h3-13,22,29H,14-16H2,1-2H3,(H,26,27)(H,31,32)/t22-/m0/s1. The van der Waals surface area contributed by atoms with E-state index in [2.05, 4.69) is 10.3 Å². The molecule has 3 rings (SSSR count). The van der Waals surface area contributed by atoms with Crippen LogP contribution in [0.3, 0.4) is 0 Å². The molecule has 3 aromatic rings. The molecule has 0 bridgehead atoms. The molecule has 0 saturated heterocycles. The topological polar surface area (TPSA) is 103 Å². The SMILES string of the molecule is CNc1cccc(CCN(C(=O)c2ccccc2C)[C@@H](Cc2ccc(O)cc2)C(=O)O)n1. The van der Waals surface area contributed by atoms with Gasteiger partial charge in [-0.1, -0.05) is 36.4 Å². The fourth-order valence-corrected chi connectivity index (χ4v) is 3.55. The first-order chi connectivity index (χ1) is 15.4. The normalized spacial score (nSPS) is 11.6. The molecule has 0 fully saturated rings. The predicted octanol–water partition coefficient (Wildman–Crippen LogP) is 3.52. The quantitative estimate of drug-likeness (QED) is 0.477. The number of hydrogen-bond donors (Lipinski definition) is 3. The van der Waals surface area contributed by atoms with Crippen LogP contribution in [0, 0.1) is 6.92 Å². The third-order valence-electron chi connectivity index (χ3n) is 5.33. The van der Waals surface area contributed by atoms with Crippen LogP contribution >= 0.6 is 0 Å². The van der Waals surface area contributed by atoms with E-state index in [4.69, 9.17) is 0 Å². The van der Waals surface area contributed by atoms with Crippen molar-refractivity contribution in [3.63, 3.8) is 0 Å². The number of carboxylic acid groups (broad SMARTS) is 1. The van der Waals surface area contributed by atoms with Gasteiger partial charge in [-0.2, -0.15) is 0 Å². The lowest BCUT2D eigenvalue weighted by Crippen LogP contribution is -2.47. The molecule has 7 heteroatoms. The lowest BCUT2D eigenvalue weighted by atomic mass is 10.0. The molecule has 1 amide bonds. The first-order valence-corrected chi connectivity index (χ1v) is 10.4. The fraction of sp³-hybridized carbons (Fsp3) is 0.240. The highest BCUT2D eigenvalue weighted by atomic mass is 16.4. The molecule has 0 saturated carbocycles. The summed E-state index contributed by atoms with van der Waals surface area (Å²) in [5.41, 5.74) is 2.73. The van der Waals surface area contributed by atoms with Gasteiger partial charge >= 0.3 is 5.97 Å². The van der Waals surface area contributed by atoms with Crippen molar-refractivity contribution in [2.24, 2.45) is 0 Å². The van der Waals surface area contributed by atoms with Crippen molar-refractivity contribution in [1.29, 1.82) is 0 Å². The Balaban J connectivity index is 1.92. The summed E-state index contributed by atoms with van der Waals surface area (Å²) in [7, 11) is 1.78. The highest BCUT2D eigenvalue weighted by Crippen LogP contribution is 2.19. The molecule has 1 heterocycles. The molecular weight excluding hydrogens is 406 g/mol. The molecule has 3 N–H and O–H groups in total. The summed E-state index contributed by atoms with van der Waals surface area (Å²) in [6.07, 6.45) is 0.531. The number of aliphatic carboxylic acids is 1. The molecule has 1 aromatic heterocycles. The van der Waals surface area contributed by atoms with Crippen LogP contribution in [0.4, 0.5) is 5.82 Å². The van der Waals surface area contributed by atoms with Crippen molar-refractivity contribution in [3.05, 3.63) is 89.1 Å². The maximum Gasteiger partial charge on any atom is 0.326 e. The van der Waals surface area contributed by atoms with E-state index < -0.39 is 12.0 Å². The van der Waals surface area contributed by atoms with E-state index in [9.17, 15) is 19.8 Å². The number of pyridine rings is 1. The summed E-state index contributed by atoms with van der Waals surface area (Å²) >= 11 is 0. The summed E-state index contributed by atoms with van der Waals surface area (Å²) in [4.78, 5) is 31.7. The van der Waals surface area contributed by atoms with Gasteiger partial charge in [-0.3, -0.25) is 4.79 Å². The van der Waals surface area contributed by atoms with Gasteiger partial charge in [0, 0.05) is 37.7 Å². The minimum absolute atomic E-state index is 0.101. The molecule has 2 aromatic carbocycles. The molecule has 166 valence electrons. The predicted molar refractivity (Wildman–Crippen MR) is 123 cm³/mol. The van der Waals surface area contributed by atoms with Crippen molar-refractivity contribution in [2.75, 3.05) is 18.9 Å². The number of benzene rings is 2. The first-order valence-electron chi connectivity index (χ1n) is 10.4. The lowest BCUT2D eigenvalue weighted by Gasteiger charge is -2.30. The summed E-state index contributed by atoms with van der Waals surface area (Å²) in [6.45, 7) is 2.03. The number of hydrogen-bond acceptors (Lipinski definition) is 5. The highest BCUT2D eigenvalue weighted by Gasteiger charge is 2.31. The summed E-state index contributed by atoms with van der Waals surface area (Å²) < 4.78 is 0. The van der Waals surface area contributed by atoms with Crippen molar-refractivity contribution >= 4 is 17.7 Å². The Hall–Kier alpha value is -3.87. The van der Waals surface area contributed by atoms with Gasteiger partial charge in [0.1, 0.15) is 17.6 Å². The van der Waals surface area contributed by atoms with Crippen molar-refractivity contribution in [3.8, 4) is 5.75 Å². The number of phenolic OH excluding ortho intramolecular Hbond substituents is 1. The van der Waals surface area contributed by atoms with Crippen molar-refractivity contribution in [1.82, 2.24) is 9.88 Å². The van der Waals surface area contributed by atoms with E-state index in [1.54, 1.807) is 31.3 Å². The monoisotopic (exact) mass is 433 g/mol. The fourth-order valence-electron chi connectivity index (χ4n) is 3.55. The number of amides is 1. The lowest BCUT2D eigenvalue weighted by molar-refractivity contribution is -0.142. The highest BCUT2D eigenvalue weighted by molar-refractivity contribution is 5.98. The molecule has 7 nitrogen and oxygen atoms in total. The van der Waals surface area contributed by atoms with Gasteiger partial charge in [0.05, 0.1) is 0 Å². The van der Waals surface area contributed by atoms with Crippen LogP contribution in [0.25, 0.3) is 0 Å². The Morgan fingerprint density at radius 2 is 1.75 bits per heavy atom. The van der Waals surface area contributed by atoms with Crippen molar-refractivity contribution in [2.45, 2.75) is 25.8 Å². The molecule has 0 unspecified atom stereocenters. The van der Waals surface area contributed by atoms with Crippen LogP contribution in [0.1, 0.15) is 27.2 Å². The van der Waals surface area contributed by atoms with E-state index in [-0.39, 0.29) is 24.6 Å². The largest absolute Gasteiger partial charge is 0.508 e. The molecule has 32 heavy (non-hydrogen) atoms. The van der Waals surface area contributed by atoms with E-state index in [0.717, 1.165) is 11.3 Å². The van der Waals surface area contributed by atoms with Crippen LogP contribution in [0.5, 0.6) is 5.75 Å². The Kier molecular flexibility index (Phi) is 7.44. The Morgan fingerprint density at radius 3 is 2.41 bits per heavy atom. The van der Waals surface area contributed by atoms with Gasteiger partial charge in [0.2, 0.25) is 0 Å². The molecule has 0 radical (unpaired) electrons. The van der Waals surface area contributed by atoms with E-state index in [1.807, 2.05) is 37.3 Å². The second-order valence-corrected chi connectivity index (χ2v) is 7.55. The number of nitrogens with zero attached hydrogens (tertiary/aromatic N) is 2. The molecule has 0 aliphatic rings. The van der Waals surface area contributed by atoms with Gasteiger partial charge in [-0.05, 0) is 48.4 Å². The molecule has 1 atom stereocenters. The van der Waals surface area contributed by atoms with Gasteiger partial charge in [0.25, 0.3) is 5.91 Å². The minimum atomic E-state index is -1.09. The summed E-state index contributed by atoms with van der Waals surface area (Å²) in [6, 6.07) is 18.0. The Bertz CT molecular complexity index is 1080. The number of carboxylic acids is 1. The zero-order valence-corrected chi connectivity index (χ0v) is 18.2. The number of nitrogens with one attached hydrogen (secondary N) is 1. The third-order valence-corrected chi connectivity index (χ3v) is 5.33. The van der Waals surface area contributed by atoms with Crippen LogP contribution in [0.2, 0.25) is 0 Å². The average Bonchev–Trinajstić information content (AvgIpc) is 2.79. The maximum absolute atomic E-state index is 13.5. The first kappa shape index (κ1) is 22.8. The second kappa shape index (κ2) is 10.4. The van der Waals surface area contributed by atoms with Crippen LogP contribution in [-0.4, -0.2) is 51.6 Å². The molecular formula is C25H27N3O4. The van der Waals surface area contributed by atoms with E-state index >= 15 is 0 Å². The molecule has 0 aliphatic heterocycles. The zero-order valence-electron chi connectivity index (χ0n) is 18.2. The van der Waals surface area contributed by atoms with E-state index in [0.29, 0.717) is 23.4 Å². The summed E-state index contributed by atoms with van der Waals surface area (Å²) in [5, 5.41) is 22.6. The maximum atomic E-state index is 13.5. The van der Waals surface area contributed by atoms with Crippen molar-refractivity contribution < 1.29 is 19.8 Å². The number of anilines is 1. The van der Waals surface area contributed by atoms with Crippen LogP contribution in [0.15, 0.2) is 66.7 Å². The molecule has 0 aliphatic carbocycles. The third kappa shape index (κ3) is 5.63. The van der Waals surface area contributed by atoms with Gasteiger partial charge < -0.3 is 20.4 Å². The number of phenols is 1. The number of aromatic hydroxyl groups is 1. The number of carbonyl (C=O) groups excluding carboxylic acids is 1. The Morgan fingerprint density at radius 1 is 1.03 bits per heavy atom. The Labute approximate surface area is 187 Å². The van der Waals surface area contributed by atoms with E-state index in [1.165, 1.54) is 17.0 Å². The zero-order chi connectivity index (χ0) is 23.1. The number of aromatic nitrogens is 1. The number of aryl methyl sites for hydroxylation is 1. The number of rotatable bonds is 9. The summed E-state index contributed by atoms with van der Waals surface area (Å²) in [5.74, 6) is -0.613. The second-order valence-electron chi connectivity index (χ2n) is 7.55. The number of carbonyl (C=O) groups is 2. The van der Waals surface area contributed by atoms with Gasteiger partial charge in [-0.15, -0.1) is 0 Å². The smallest absolute Gasteiger partial charge is 0.326 e. The van der Waals surface area contributed by atoms with Gasteiger partial charge in [0.15, 0.2) is 0 Å². The van der Waals surface area contributed by atoms with Crippen LogP contribution < -0.4 is 5.32 Å². The minimum Gasteiger partial charge on any atom is -0.508 e. The van der Waals surface area contributed by atoms with Crippen LogP contribution in [-0.2, 0) is 17.6 Å². The molecule has 0 spiro atoms. The average molecular weight is 434 g/mol. The van der Waals surface area contributed by atoms with Gasteiger partial charge in [-0.25, -0.2) is 9.78 Å².